The van der Waals surface area contributed by atoms with E-state index in [4.69, 9.17) is 0 Å². The molecule has 1 fully saturated rings. The van der Waals surface area contributed by atoms with Crippen LogP contribution in [0.4, 0.5) is 0 Å². The summed E-state index contributed by atoms with van der Waals surface area (Å²) in [6.07, 6.45) is 2.21. The van der Waals surface area contributed by atoms with Crippen LogP contribution in [0.15, 0.2) is 12.3 Å². The average molecular weight is 346 g/mol. The van der Waals surface area contributed by atoms with Crippen molar-refractivity contribution >= 4 is 5.91 Å². The molecule has 8 nitrogen and oxygen atoms in total. The van der Waals surface area contributed by atoms with E-state index in [2.05, 4.69) is 15.4 Å². The van der Waals surface area contributed by atoms with Gasteiger partial charge in [-0.3, -0.25) is 9.48 Å². The van der Waals surface area contributed by atoms with Gasteiger partial charge >= 0.3 is 0 Å². The maximum atomic E-state index is 12.8. The van der Waals surface area contributed by atoms with Gasteiger partial charge in [0.05, 0.1) is 18.4 Å². The van der Waals surface area contributed by atoms with E-state index in [-0.39, 0.29) is 24.4 Å². The standard InChI is InChI=1S/C17H26N6O2/c1-11(2)13-8-14(21(5)19-13)16(24)22-7-6-17(25,10-22)15-9-23(12(3)4)20-18-15/h8-9,11-12,25H,6-7,10H2,1-5H3. The molecule has 1 amide bonds. The first-order valence-electron chi connectivity index (χ1n) is 8.69. The molecule has 3 heterocycles. The van der Waals surface area contributed by atoms with Crippen LogP contribution < -0.4 is 0 Å². The molecule has 1 N–H and O–H groups in total. The molecule has 0 bridgehead atoms. The van der Waals surface area contributed by atoms with E-state index in [1.165, 1.54) is 0 Å². The van der Waals surface area contributed by atoms with Gasteiger partial charge in [-0.2, -0.15) is 5.10 Å². The van der Waals surface area contributed by atoms with E-state index in [1.807, 2.05) is 33.8 Å². The monoisotopic (exact) mass is 346 g/mol. The van der Waals surface area contributed by atoms with Gasteiger partial charge in [-0.25, -0.2) is 4.68 Å². The van der Waals surface area contributed by atoms with Crippen molar-refractivity contribution in [3.8, 4) is 0 Å². The fourth-order valence-corrected chi connectivity index (χ4v) is 3.05. The quantitative estimate of drug-likeness (QED) is 0.905. The molecule has 1 atom stereocenters. The Kier molecular flexibility index (Phi) is 4.40. The van der Waals surface area contributed by atoms with Crippen molar-refractivity contribution in [3.05, 3.63) is 29.3 Å². The van der Waals surface area contributed by atoms with Crippen molar-refractivity contribution in [2.24, 2.45) is 7.05 Å². The molecule has 3 rings (SSSR count). The first-order chi connectivity index (χ1) is 11.7. The van der Waals surface area contributed by atoms with Crippen molar-refractivity contribution < 1.29 is 9.90 Å². The Morgan fingerprint density at radius 1 is 1.32 bits per heavy atom. The zero-order valence-electron chi connectivity index (χ0n) is 15.5. The SMILES string of the molecule is CC(C)c1cc(C(=O)N2CCC(O)(c3cn(C(C)C)nn3)C2)n(C)n1. The largest absolute Gasteiger partial charge is 0.381 e. The van der Waals surface area contributed by atoms with Crippen LogP contribution in [0.5, 0.6) is 0 Å². The van der Waals surface area contributed by atoms with Crippen LogP contribution in [-0.2, 0) is 12.6 Å². The van der Waals surface area contributed by atoms with Crippen LogP contribution in [0.2, 0.25) is 0 Å². The number of nitrogens with zero attached hydrogens (tertiary/aromatic N) is 6. The van der Waals surface area contributed by atoms with Crippen LogP contribution >= 0.6 is 0 Å². The summed E-state index contributed by atoms with van der Waals surface area (Å²) < 4.78 is 3.33. The number of aliphatic hydroxyl groups is 1. The number of hydrogen-bond acceptors (Lipinski definition) is 5. The van der Waals surface area contributed by atoms with Crippen LogP contribution in [0.25, 0.3) is 0 Å². The van der Waals surface area contributed by atoms with Crippen molar-refractivity contribution in [3.63, 3.8) is 0 Å². The molecular formula is C17H26N6O2. The summed E-state index contributed by atoms with van der Waals surface area (Å²) in [4.78, 5) is 14.5. The van der Waals surface area contributed by atoms with Crippen LogP contribution in [0.1, 0.15) is 68.0 Å². The predicted octanol–water partition coefficient (Wildman–Crippen LogP) is 1.45. The molecule has 25 heavy (non-hydrogen) atoms. The molecule has 0 spiro atoms. The summed E-state index contributed by atoms with van der Waals surface area (Å²) in [6.45, 7) is 8.78. The zero-order chi connectivity index (χ0) is 18.4. The van der Waals surface area contributed by atoms with Gasteiger partial charge in [0.15, 0.2) is 0 Å². The second-order valence-corrected chi connectivity index (χ2v) is 7.42. The summed E-state index contributed by atoms with van der Waals surface area (Å²) >= 11 is 0. The van der Waals surface area contributed by atoms with E-state index in [1.54, 1.807) is 27.5 Å². The Morgan fingerprint density at radius 2 is 2.04 bits per heavy atom. The smallest absolute Gasteiger partial charge is 0.272 e. The number of aryl methyl sites for hydroxylation is 1. The van der Waals surface area contributed by atoms with Gasteiger partial charge in [-0.15, -0.1) is 5.10 Å². The molecule has 0 aromatic carbocycles. The lowest BCUT2D eigenvalue weighted by atomic mass is 10.00. The van der Waals surface area contributed by atoms with Crippen LogP contribution in [-0.4, -0.2) is 53.8 Å². The number of aromatic nitrogens is 5. The fraction of sp³-hybridized carbons (Fsp3) is 0.647. The first-order valence-corrected chi connectivity index (χ1v) is 8.69. The number of carbonyl (C=O) groups is 1. The highest BCUT2D eigenvalue weighted by atomic mass is 16.3. The third-order valence-electron chi connectivity index (χ3n) is 4.76. The molecule has 1 aliphatic rings. The van der Waals surface area contributed by atoms with E-state index >= 15 is 0 Å². The van der Waals surface area contributed by atoms with E-state index < -0.39 is 5.60 Å². The van der Waals surface area contributed by atoms with Gasteiger partial charge in [-0.05, 0) is 25.8 Å². The summed E-state index contributed by atoms with van der Waals surface area (Å²) in [5.74, 6) is 0.142. The summed E-state index contributed by atoms with van der Waals surface area (Å²) in [6, 6.07) is 2.01. The lowest BCUT2D eigenvalue weighted by Crippen LogP contribution is -2.35. The molecule has 1 aliphatic heterocycles. The minimum Gasteiger partial charge on any atom is -0.381 e. The fourth-order valence-electron chi connectivity index (χ4n) is 3.05. The second kappa shape index (κ2) is 6.25. The van der Waals surface area contributed by atoms with Gasteiger partial charge in [0.2, 0.25) is 0 Å². The van der Waals surface area contributed by atoms with Crippen LogP contribution in [0.3, 0.4) is 0 Å². The Labute approximate surface area is 147 Å². The number of rotatable bonds is 4. The van der Waals surface area contributed by atoms with Crippen molar-refractivity contribution in [1.29, 1.82) is 0 Å². The summed E-state index contributed by atoms with van der Waals surface area (Å²) in [5, 5.41) is 23.5. The Morgan fingerprint density at radius 3 is 2.60 bits per heavy atom. The van der Waals surface area contributed by atoms with Gasteiger partial charge in [0.25, 0.3) is 5.91 Å². The minimum atomic E-state index is -1.15. The molecule has 1 unspecified atom stereocenters. The molecule has 136 valence electrons. The highest BCUT2D eigenvalue weighted by molar-refractivity contribution is 5.93. The number of β-amino-alcohol motifs (C(OH)–C–C–N with tert-alkyl or cyclic N) is 1. The van der Waals surface area contributed by atoms with E-state index in [9.17, 15) is 9.90 Å². The number of amides is 1. The van der Waals surface area contributed by atoms with Gasteiger partial charge in [0.1, 0.15) is 17.0 Å². The number of carbonyl (C=O) groups excluding carboxylic acids is 1. The second-order valence-electron chi connectivity index (χ2n) is 7.42. The molecule has 1 saturated heterocycles. The van der Waals surface area contributed by atoms with Gasteiger partial charge in [-0.1, -0.05) is 19.1 Å². The zero-order valence-corrected chi connectivity index (χ0v) is 15.5. The summed E-state index contributed by atoms with van der Waals surface area (Å²) in [7, 11) is 1.77. The minimum absolute atomic E-state index is 0.117. The third-order valence-corrected chi connectivity index (χ3v) is 4.76. The van der Waals surface area contributed by atoms with Crippen molar-refractivity contribution in [1.82, 2.24) is 29.7 Å². The third kappa shape index (κ3) is 3.18. The number of likely N-dealkylation sites (tertiary alicyclic amines) is 1. The molecular weight excluding hydrogens is 320 g/mol. The molecule has 2 aromatic rings. The molecule has 0 aliphatic carbocycles. The van der Waals surface area contributed by atoms with E-state index in [0.29, 0.717) is 24.4 Å². The maximum Gasteiger partial charge on any atom is 0.272 e. The number of hydrogen-bond donors (Lipinski definition) is 1. The van der Waals surface area contributed by atoms with Gasteiger partial charge < -0.3 is 10.0 Å². The molecule has 0 saturated carbocycles. The Bertz CT molecular complexity index is 778. The lowest BCUT2D eigenvalue weighted by molar-refractivity contribution is 0.0378. The highest BCUT2D eigenvalue weighted by Crippen LogP contribution is 2.31. The molecule has 2 aromatic heterocycles. The van der Waals surface area contributed by atoms with E-state index in [0.717, 1.165) is 5.69 Å². The summed E-state index contributed by atoms with van der Waals surface area (Å²) in [5.41, 5.74) is 0.797. The predicted molar refractivity (Wildman–Crippen MR) is 92.1 cm³/mol. The highest BCUT2D eigenvalue weighted by Gasteiger charge is 2.42. The normalized spacial score (nSPS) is 20.9. The molecule has 8 heteroatoms. The average Bonchev–Trinajstić information content (AvgIpc) is 3.24. The lowest BCUT2D eigenvalue weighted by Gasteiger charge is -2.21. The van der Waals surface area contributed by atoms with Crippen LogP contribution in [0, 0.1) is 0 Å². The topological polar surface area (TPSA) is 89.1 Å². The Balaban J connectivity index is 1.78. The molecule has 0 radical (unpaired) electrons. The first kappa shape index (κ1) is 17.6. The Hall–Kier alpha value is -2.22. The van der Waals surface area contributed by atoms with Crippen molar-refractivity contribution in [2.75, 3.05) is 13.1 Å². The van der Waals surface area contributed by atoms with Gasteiger partial charge in [0, 0.05) is 26.1 Å². The maximum absolute atomic E-state index is 12.8. The van der Waals surface area contributed by atoms with Crippen molar-refractivity contribution in [2.45, 2.75) is 51.7 Å².